The molecule has 0 bridgehead atoms. The standard InChI is InChI=1S/C22H24Cl2N2/c23-21-9-5-18(6-10-21)1-3-20(13-15-26-16-14-25-17-26)4-2-19-7-11-22(24)12-8-19/h5-12,14,16-17,20H,1-4,13,15H2. The molecule has 0 spiro atoms. The molecule has 26 heavy (non-hydrogen) atoms. The number of hydrogen-bond donors (Lipinski definition) is 0. The number of benzene rings is 2. The molecule has 0 aliphatic rings. The lowest BCUT2D eigenvalue weighted by atomic mass is 9.90. The normalized spacial score (nSPS) is 11.2. The SMILES string of the molecule is Clc1ccc(CCC(CCc2ccc(Cl)cc2)CCn2ccnc2)cc1. The summed E-state index contributed by atoms with van der Waals surface area (Å²) in [5, 5.41) is 1.60. The molecule has 0 N–H and O–H groups in total. The largest absolute Gasteiger partial charge is 0.337 e. The summed E-state index contributed by atoms with van der Waals surface area (Å²) in [7, 11) is 0. The lowest BCUT2D eigenvalue weighted by Gasteiger charge is -2.17. The fourth-order valence-electron chi connectivity index (χ4n) is 3.23. The Labute approximate surface area is 165 Å². The van der Waals surface area contributed by atoms with Gasteiger partial charge in [0.2, 0.25) is 0 Å². The molecule has 3 aromatic rings. The van der Waals surface area contributed by atoms with Gasteiger partial charge in [0, 0.05) is 29.0 Å². The molecule has 3 rings (SSSR count). The van der Waals surface area contributed by atoms with Crippen LogP contribution in [-0.4, -0.2) is 9.55 Å². The van der Waals surface area contributed by atoms with Crippen LogP contribution in [0.25, 0.3) is 0 Å². The second-order valence-electron chi connectivity index (χ2n) is 6.79. The first-order valence-electron chi connectivity index (χ1n) is 9.13. The Morgan fingerprint density at radius 2 is 1.31 bits per heavy atom. The summed E-state index contributed by atoms with van der Waals surface area (Å²) in [5.74, 6) is 0.670. The molecule has 0 saturated carbocycles. The van der Waals surface area contributed by atoms with Crippen molar-refractivity contribution in [3.8, 4) is 0 Å². The molecule has 1 aromatic heterocycles. The minimum absolute atomic E-state index is 0.670. The molecule has 4 heteroatoms. The highest BCUT2D eigenvalue weighted by atomic mass is 35.5. The molecular weight excluding hydrogens is 363 g/mol. The van der Waals surface area contributed by atoms with Crippen LogP contribution in [0.4, 0.5) is 0 Å². The van der Waals surface area contributed by atoms with Gasteiger partial charge < -0.3 is 4.57 Å². The van der Waals surface area contributed by atoms with Gasteiger partial charge in [-0.05, 0) is 73.4 Å². The summed E-state index contributed by atoms with van der Waals surface area (Å²) in [5.41, 5.74) is 2.71. The number of rotatable bonds is 9. The Bertz CT molecular complexity index is 715. The predicted octanol–water partition coefficient (Wildman–Crippen LogP) is 6.46. The average Bonchev–Trinajstić information content (AvgIpc) is 3.17. The molecule has 2 nitrogen and oxygen atoms in total. The van der Waals surface area contributed by atoms with Crippen molar-refractivity contribution in [3.05, 3.63) is 88.4 Å². The van der Waals surface area contributed by atoms with Crippen molar-refractivity contribution < 1.29 is 0 Å². The van der Waals surface area contributed by atoms with Crippen molar-refractivity contribution in [2.24, 2.45) is 5.92 Å². The van der Waals surface area contributed by atoms with E-state index in [1.165, 1.54) is 24.0 Å². The molecule has 136 valence electrons. The van der Waals surface area contributed by atoms with Crippen molar-refractivity contribution >= 4 is 23.2 Å². The number of nitrogens with zero attached hydrogens (tertiary/aromatic N) is 2. The van der Waals surface area contributed by atoms with E-state index in [9.17, 15) is 0 Å². The first-order valence-corrected chi connectivity index (χ1v) is 9.89. The second kappa shape index (κ2) is 9.80. The van der Waals surface area contributed by atoms with E-state index in [0.29, 0.717) is 5.92 Å². The molecule has 2 aromatic carbocycles. The van der Waals surface area contributed by atoms with Crippen LogP contribution >= 0.6 is 23.2 Å². The zero-order valence-electron chi connectivity index (χ0n) is 14.8. The monoisotopic (exact) mass is 386 g/mol. The van der Waals surface area contributed by atoms with Gasteiger partial charge in [0.05, 0.1) is 6.33 Å². The molecule has 0 fully saturated rings. The van der Waals surface area contributed by atoms with E-state index in [4.69, 9.17) is 23.2 Å². The van der Waals surface area contributed by atoms with Crippen LogP contribution in [0.2, 0.25) is 10.0 Å². The zero-order chi connectivity index (χ0) is 18.2. The molecule has 0 aliphatic carbocycles. The molecule has 0 unspecified atom stereocenters. The van der Waals surface area contributed by atoms with E-state index in [2.05, 4.69) is 33.8 Å². The van der Waals surface area contributed by atoms with Gasteiger partial charge >= 0.3 is 0 Å². The second-order valence-corrected chi connectivity index (χ2v) is 7.66. The van der Waals surface area contributed by atoms with Crippen LogP contribution in [0, 0.1) is 5.92 Å². The van der Waals surface area contributed by atoms with E-state index < -0.39 is 0 Å². The molecule has 0 atom stereocenters. The number of imidazole rings is 1. The molecular formula is C22H24Cl2N2. The number of aryl methyl sites for hydroxylation is 3. The minimum Gasteiger partial charge on any atom is -0.337 e. The topological polar surface area (TPSA) is 17.8 Å². The smallest absolute Gasteiger partial charge is 0.0945 e. The van der Waals surface area contributed by atoms with Gasteiger partial charge in [0.25, 0.3) is 0 Å². The first kappa shape index (κ1) is 19.0. The molecule has 1 heterocycles. The summed E-state index contributed by atoms with van der Waals surface area (Å²) in [4.78, 5) is 4.14. The zero-order valence-corrected chi connectivity index (χ0v) is 16.3. The summed E-state index contributed by atoms with van der Waals surface area (Å²) in [6.07, 6.45) is 11.5. The Balaban J connectivity index is 1.56. The Hall–Kier alpha value is -1.77. The van der Waals surface area contributed by atoms with Crippen LogP contribution in [0.1, 0.15) is 30.4 Å². The van der Waals surface area contributed by atoms with Gasteiger partial charge in [0.1, 0.15) is 0 Å². The maximum atomic E-state index is 5.99. The van der Waals surface area contributed by atoms with Crippen molar-refractivity contribution in [3.63, 3.8) is 0 Å². The van der Waals surface area contributed by atoms with E-state index >= 15 is 0 Å². The lowest BCUT2D eigenvalue weighted by molar-refractivity contribution is 0.393. The summed E-state index contributed by atoms with van der Waals surface area (Å²) in [6.45, 7) is 1.02. The Kier molecular flexibility index (Phi) is 7.16. The number of hydrogen-bond acceptors (Lipinski definition) is 1. The van der Waals surface area contributed by atoms with Crippen LogP contribution in [0.3, 0.4) is 0 Å². The molecule has 0 saturated heterocycles. The first-order chi connectivity index (χ1) is 12.7. The summed E-state index contributed by atoms with van der Waals surface area (Å²) in [6, 6.07) is 16.4. The van der Waals surface area contributed by atoms with Crippen molar-refractivity contribution in [1.82, 2.24) is 9.55 Å². The van der Waals surface area contributed by atoms with Gasteiger partial charge in [-0.25, -0.2) is 4.98 Å². The Morgan fingerprint density at radius 1 is 0.769 bits per heavy atom. The van der Waals surface area contributed by atoms with E-state index in [1.54, 1.807) is 0 Å². The van der Waals surface area contributed by atoms with Crippen molar-refractivity contribution in [2.75, 3.05) is 0 Å². The van der Waals surface area contributed by atoms with Gasteiger partial charge in [-0.3, -0.25) is 0 Å². The Morgan fingerprint density at radius 3 is 1.77 bits per heavy atom. The van der Waals surface area contributed by atoms with Crippen molar-refractivity contribution in [1.29, 1.82) is 0 Å². The van der Waals surface area contributed by atoms with Crippen LogP contribution in [-0.2, 0) is 19.4 Å². The van der Waals surface area contributed by atoms with Crippen LogP contribution in [0.5, 0.6) is 0 Å². The van der Waals surface area contributed by atoms with Crippen LogP contribution in [0.15, 0.2) is 67.3 Å². The van der Waals surface area contributed by atoms with Crippen LogP contribution < -0.4 is 0 Å². The highest BCUT2D eigenvalue weighted by molar-refractivity contribution is 6.30. The maximum Gasteiger partial charge on any atom is 0.0945 e. The van der Waals surface area contributed by atoms with Gasteiger partial charge in [-0.1, -0.05) is 47.5 Å². The maximum absolute atomic E-state index is 5.99. The van der Waals surface area contributed by atoms with Gasteiger partial charge in [-0.15, -0.1) is 0 Å². The lowest BCUT2D eigenvalue weighted by Crippen LogP contribution is -2.08. The van der Waals surface area contributed by atoms with Gasteiger partial charge in [0.15, 0.2) is 0 Å². The molecule has 0 radical (unpaired) electrons. The average molecular weight is 387 g/mol. The fourth-order valence-corrected chi connectivity index (χ4v) is 3.48. The highest BCUT2D eigenvalue weighted by Gasteiger charge is 2.10. The molecule has 0 amide bonds. The predicted molar refractivity (Wildman–Crippen MR) is 110 cm³/mol. The highest BCUT2D eigenvalue weighted by Crippen LogP contribution is 2.22. The quantitative estimate of drug-likeness (QED) is 0.412. The third-order valence-corrected chi connectivity index (χ3v) is 5.37. The summed E-state index contributed by atoms with van der Waals surface area (Å²) >= 11 is 12.0. The molecule has 0 aliphatic heterocycles. The van der Waals surface area contributed by atoms with Crippen molar-refractivity contribution in [2.45, 2.75) is 38.6 Å². The third-order valence-electron chi connectivity index (χ3n) is 4.86. The number of halogens is 2. The van der Waals surface area contributed by atoms with E-state index in [1.807, 2.05) is 43.0 Å². The number of aromatic nitrogens is 2. The minimum atomic E-state index is 0.670. The van der Waals surface area contributed by atoms with E-state index in [0.717, 1.165) is 35.9 Å². The summed E-state index contributed by atoms with van der Waals surface area (Å²) < 4.78 is 2.16. The van der Waals surface area contributed by atoms with Gasteiger partial charge in [-0.2, -0.15) is 0 Å². The fraction of sp³-hybridized carbons (Fsp3) is 0.318. The third kappa shape index (κ3) is 6.19. The van der Waals surface area contributed by atoms with E-state index in [-0.39, 0.29) is 0 Å².